The van der Waals surface area contributed by atoms with Crippen LogP contribution in [0.1, 0.15) is 84.5 Å². The summed E-state index contributed by atoms with van der Waals surface area (Å²) in [6.45, 7) is 4.24. The lowest BCUT2D eigenvalue weighted by atomic mass is 10.1. The standard InChI is InChI=1S/C17H32O/c1-3-4-5-6-7-8-9-10-11-12-13-14-15-17(2)16-18/h13-14,16-17H,3-12,15H2,1-2H3. The smallest absolute Gasteiger partial charge is 0.123 e. The summed E-state index contributed by atoms with van der Waals surface area (Å²) in [5, 5.41) is 0. The van der Waals surface area contributed by atoms with Crippen LogP contribution in [-0.4, -0.2) is 6.29 Å². The van der Waals surface area contributed by atoms with Gasteiger partial charge in [-0.05, 0) is 19.3 Å². The average Bonchev–Trinajstić information content (AvgIpc) is 2.39. The highest BCUT2D eigenvalue weighted by Gasteiger charge is 1.94. The van der Waals surface area contributed by atoms with Crippen LogP contribution in [0.2, 0.25) is 0 Å². The Labute approximate surface area is 114 Å². The van der Waals surface area contributed by atoms with Crippen molar-refractivity contribution in [3.63, 3.8) is 0 Å². The first-order valence-corrected chi connectivity index (χ1v) is 7.91. The Morgan fingerprint density at radius 2 is 1.39 bits per heavy atom. The van der Waals surface area contributed by atoms with Gasteiger partial charge in [0, 0.05) is 5.92 Å². The molecule has 106 valence electrons. The summed E-state index contributed by atoms with van der Waals surface area (Å²) in [6.07, 6.45) is 20.0. The minimum absolute atomic E-state index is 0.185. The van der Waals surface area contributed by atoms with Crippen molar-refractivity contribution >= 4 is 6.29 Å². The van der Waals surface area contributed by atoms with Crippen molar-refractivity contribution < 1.29 is 4.79 Å². The summed E-state index contributed by atoms with van der Waals surface area (Å²) < 4.78 is 0. The third kappa shape index (κ3) is 13.5. The highest BCUT2D eigenvalue weighted by Crippen LogP contribution is 2.10. The number of unbranched alkanes of at least 4 members (excludes halogenated alkanes) is 9. The number of carbonyl (C=O) groups is 1. The molecule has 0 aliphatic heterocycles. The molecule has 0 aromatic rings. The van der Waals surface area contributed by atoms with Gasteiger partial charge in [-0.1, -0.05) is 77.4 Å². The minimum atomic E-state index is 0.185. The minimum Gasteiger partial charge on any atom is -0.303 e. The molecule has 0 radical (unpaired) electrons. The van der Waals surface area contributed by atoms with E-state index in [0.29, 0.717) is 0 Å². The quantitative estimate of drug-likeness (QED) is 0.234. The van der Waals surface area contributed by atoms with Crippen LogP contribution in [0.5, 0.6) is 0 Å². The van der Waals surface area contributed by atoms with E-state index >= 15 is 0 Å². The Morgan fingerprint density at radius 1 is 0.833 bits per heavy atom. The summed E-state index contributed by atoms with van der Waals surface area (Å²) in [5.74, 6) is 0.185. The molecule has 1 nitrogen and oxygen atoms in total. The summed E-state index contributed by atoms with van der Waals surface area (Å²) in [7, 11) is 0. The summed E-state index contributed by atoms with van der Waals surface area (Å²) in [5.41, 5.74) is 0. The Balaban J connectivity index is 3.09. The largest absolute Gasteiger partial charge is 0.303 e. The number of allylic oxidation sites excluding steroid dienone is 2. The Bertz CT molecular complexity index is 196. The fourth-order valence-corrected chi connectivity index (χ4v) is 2.06. The van der Waals surface area contributed by atoms with Crippen molar-refractivity contribution in [3.05, 3.63) is 12.2 Å². The molecule has 1 unspecified atom stereocenters. The van der Waals surface area contributed by atoms with Crippen molar-refractivity contribution in [1.29, 1.82) is 0 Å². The third-order valence-electron chi connectivity index (χ3n) is 3.38. The molecular formula is C17H32O. The van der Waals surface area contributed by atoms with Crippen LogP contribution in [0.25, 0.3) is 0 Å². The van der Waals surface area contributed by atoms with E-state index in [1.165, 1.54) is 64.2 Å². The van der Waals surface area contributed by atoms with Crippen LogP contribution in [0.4, 0.5) is 0 Å². The summed E-state index contributed by atoms with van der Waals surface area (Å²) >= 11 is 0. The summed E-state index contributed by atoms with van der Waals surface area (Å²) in [4.78, 5) is 10.4. The molecule has 0 spiro atoms. The van der Waals surface area contributed by atoms with E-state index < -0.39 is 0 Å². The van der Waals surface area contributed by atoms with E-state index in [1.54, 1.807) is 0 Å². The lowest BCUT2D eigenvalue weighted by Crippen LogP contribution is -1.91. The van der Waals surface area contributed by atoms with Crippen molar-refractivity contribution in [2.75, 3.05) is 0 Å². The van der Waals surface area contributed by atoms with Gasteiger partial charge >= 0.3 is 0 Å². The maximum absolute atomic E-state index is 10.4. The fourth-order valence-electron chi connectivity index (χ4n) is 2.06. The maximum atomic E-state index is 10.4. The van der Waals surface area contributed by atoms with E-state index in [-0.39, 0.29) is 5.92 Å². The first-order valence-electron chi connectivity index (χ1n) is 7.91. The third-order valence-corrected chi connectivity index (χ3v) is 3.38. The number of hydrogen-bond donors (Lipinski definition) is 0. The Kier molecular flexibility index (Phi) is 14.0. The zero-order valence-electron chi connectivity index (χ0n) is 12.5. The van der Waals surface area contributed by atoms with E-state index in [2.05, 4.69) is 19.1 Å². The zero-order chi connectivity index (χ0) is 13.5. The van der Waals surface area contributed by atoms with Crippen LogP contribution in [0, 0.1) is 5.92 Å². The molecule has 0 bridgehead atoms. The van der Waals surface area contributed by atoms with Crippen LogP contribution in [0.15, 0.2) is 12.2 Å². The van der Waals surface area contributed by atoms with Gasteiger partial charge in [-0.3, -0.25) is 0 Å². The topological polar surface area (TPSA) is 17.1 Å². The van der Waals surface area contributed by atoms with Crippen molar-refractivity contribution in [2.45, 2.75) is 84.5 Å². The van der Waals surface area contributed by atoms with E-state index in [0.717, 1.165) is 12.7 Å². The molecular weight excluding hydrogens is 220 g/mol. The molecule has 0 saturated carbocycles. The lowest BCUT2D eigenvalue weighted by molar-refractivity contribution is -0.110. The van der Waals surface area contributed by atoms with Gasteiger partial charge in [0.05, 0.1) is 0 Å². The van der Waals surface area contributed by atoms with Crippen LogP contribution < -0.4 is 0 Å². The second-order valence-electron chi connectivity index (χ2n) is 5.44. The molecule has 0 aliphatic carbocycles. The predicted octanol–water partition coefficient (Wildman–Crippen LogP) is 5.69. The molecule has 0 rings (SSSR count). The summed E-state index contributed by atoms with van der Waals surface area (Å²) in [6, 6.07) is 0. The normalized spacial score (nSPS) is 13.0. The predicted molar refractivity (Wildman–Crippen MR) is 80.8 cm³/mol. The van der Waals surface area contributed by atoms with Gasteiger partial charge in [-0.15, -0.1) is 0 Å². The first kappa shape index (κ1) is 17.4. The van der Waals surface area contributed by atoms with E-state index in [4.69, 9.17) is 0 Å². The van der Waals surface area contributed by atoms with Gasteiger partial charge in [-0.25, -0.2) is 0 Å². The molecule has 0 saturated heterocycles. The second kappa shape index (κ2) is 14.5. The van der Waals surface area contributed by atoms with Gasteiger partial charge in [-0.2, -0.15) is 0 Å². The number of carbonyl (C=O) groups excluding carboxylic acids is 1. The number of aldehydes is 1. The lowest BCUT2D eigenvalue weighted by Gasteiger charge is -2.00. The zero-order valence-corrected chi connectivity index (χ0v) is 12.5. The first-order chi connectivity index (χ1) is 8.81. The fraction of sp³-hybridized carbons (Fsp3) is 0.824. The molecule has 1 heteroatoms. The molecule has 0 N–H and O–H groups in total. The van der Waals surface area contributed by atoms with Gasteiger partial charge < -0.3 is 4.79 Å². The van der Waals surface area contributed by atoms with Gasteiger partial charge in [0.1, 0.15) is 6.29 Å². The Hall–Kier alpha value is -0.590. The molecule has 0 fully saturated rings. The SMILES string of the molecule is CCCCCCCCCCCC=CCC(C)C=O. The molecule has 0 aliphatic rings. The van der Waals surface area contributed by atoms with Gasteiger partial charge in [0.2, 0.25) is 0 Å². The number of hydrogen-bond acceptors (Lipinski definition) is 1. The highest BCUT2D eigenvalue weighted by atomic mass is 16.1. The average molecular weight is 252 g/mol. The molecule has 1 atom stereocenters. The van der Waals surface area contributed by atoms with Crippen molar-refractivity contribution in [3.8, 4) is 0 Å². The van der Waals surface area contributed by atoms with Gasteiger partial charge in [0.15, 0.2) is 0 Å². The molecule has 0 aromatic carbocycles. The molecule has 0 heterocycles. The molecule has 0 amide bonds. The monoisotopic (exact) mass is 252 g/mol. The molecule has 0 aromatic heterocycles. The number of rotatable bonds is 13. The van der Waals surface area contributed by atoms with E-state index in [9.17, 15) is 4.79 Å². The highest BCUT2D eigenvalue weighted by molar-refractivity contribution is 5.52. The maximum Gasteiger partial charge on any atom is 0.123 e. The van der Waals surface area contributed by atoms with Crippen molar-refractivity contribution in [1.82, 2.24) is 0 Å². The van der Waals surface area contributed by atoms with Crippen molar-refractivity contribution in [2.24, 2.45) is 5.92 Å². The van der Waals surface area contributed by atoms with Crippen LogP contribution in [-0.2, 0) is 4.79 Å². The van der Waals surface area contributed by atoms with Gasteiger partial charge in [0.25, 0.3) is 0 Å². The van der Waals surface area contributed by atoms with Crippen LogP contribution in [0.3, 0.4) is 0 Å². The Morgan fingerprint density at radius 3 is 1.94 bits per heavy atom. The van der Waals surface area contributed by atoms with E-state index in [1.807, 2.05) is 6.92 Å². The second-order valence-corrected chi connectivity index (χ2v) is 5.44. The van der Waals surface area contributed by atoms with Crippen LogP contribution >= 0.6 is 0 Å². The molecule has 18 heavy (non-hydrogen) atoms.